The Morgan fingerprint density at radius 3 is 2.63 bits per heavy atom. The van der Waals surface area contributed by atoms with E-state index in [-0.39, 0.29) is 21.9 Å². The van der Waals surface area contributed by atoms with Crippen LogP contribution in [0.5, 0.6) is 5.75 Å². The summed E-state index contributed by atoms with van der Waals surface area (Å²) >= 11 is 7.20. The van der Waals surface area contributed by atoms with E-state index in [0.29, 0.717) is 23.9 Å². The first-order chi connectivity index (χ1) is 13.9. The fourth-order valence-electron chi connectivity index (χ4n) is 2.43. The molecule has 0 fully saturated rings. The number of aromatic nitrogens is 1. The Labute approximate surface area is 181 Å². The van der Waals surface area contributed by atoms with Crippen LogP contribution in [0, 0.1) is 11.3 Å². The van der Waals surface area contributed by atoms with Gasteiger partial charge < -0.3 is 4.74 Å². The number of nitriles is 1. The third kappa shape index (κ3) is 6.89. The van der Waals surface area contributed by atoms with Crippen LogP contribution >= 0.6 is 23.1 Å². The number of nitrogens with zero attached hydrogens (tertiary/aromatic N) is 3. The largest absolute Gasteiger partial charge is 0.483 e. The van der Waals surface area contributed by atoms with Gasteiger partial charge in [-0.25, -0.2) is 0 Å². The molecular weight excluding hydrogens is 439 g/mol. The maximum atomic E-state index is 12.8. The number of alkyl halides is 3. The van der Waals surface area contributed by atoms with Gasteiger partial charge in [-0.15, -0.1) is 0 Å². The van der Waals surface area contributed by atoms with E-state index < -0.39 is 18.7 Å². The minimum atomic E-state index is -4.54. The van der Waals surface area contributed by atoms with Crippen molar-refractivity contribution in [1.82, 2.24) is 3.96 Å². The van der Waals surface area contributed by atoms with Gasteiger partial charge in [-0.1, -0.05) is 11.6 Å². The number of hydrogen-bond acceptors (Lipinski definition) is 4. The molecule has 0 atom stereocenters. The Balaban J connectivity index is 2.45. The number of carbonyl (C=O) groups excluding carboxylic acids is 1. The minimum absolute atomic E-state index is 0.148. The number of rotatable bonds is 6. The third-order valence-corrected chi connectivity index (χ3v) is 5.51. The Hall–Kier alpha value is -2.31. The Morgan fingerprint density at radius 1 is 1.33 bits per heavy atom. The third-order valence-electron chi connectivity index (χ3n) is 3.89. The van der Waals surface area contributed by atoms with Crippen molar-refractivity contribution < 1.29 is 22.7 Å². The van der Waals surface area contributed by atoms with Crippen molar-refractivity contribution in [3.63, 3.8) is 0 Å². The van der Waals surface area contributed by atoms with E-state index in [0.717, 1.165) is 5.56 Å². The van der Waals surface area contributed by atoms with E-state index >= 15 is 0 Å². The van der Waals surface area contributed by atoms with Crippen LogP contribution in [-0.2, 0) is 12.0 Å². The summed E-state index contributed by atoms with van der Waals surface area (Å²) in [5.41, 5.74) is 0.395. The number of halogens is 4. The summed E-state index contributed by atoms with van der Waals surface area (Å²) in [6, 6.07) is 5.87. The first kappa shape index (κ1) is 24.0. The summed E-state index contributed by atoms with van der Waals surface area (Å²) in [5.74, 6) is -0.990. The molecule has 10 heteroatoms. The summed E-state index contributed by atoms with van der Waals surface area (Å²) in [6.45, 7) is 4.45. The van der Waals surface area contributed by atoms with Crippen molar-refractivity contribution in [3.05, 3.63) is 45.2 Å². The van der Waals surface area contributed by atoms with Crippen molar-refractivity contribution in [2.75, 3.05) is 6.61 Å². The molecule has 0 saturated heterocycles. The first-order valence-electron chi connectivity index (χ1n) is 9.08. The standard InChI is InChI=1S/C20H21ClF3N3O2S/c1-19(2,3)27-11-13(6-4-5-9-25)18(30-27)26-17(28)15-10-14(21)7-8-16(15)29-12-20(22,23)24/h7-8,10-11H,4-6,12H2,1-3H3/b26-18-. The molecule has 0 spiro atoms. The molecule has 0 N–H and O–H groups in total. The summed E-state index contributed by atoms with van der Waals surface area (Å²) in [6.07, 6.45) is -1.15. The maximum Gasteiger partial charge on any atom is 0.422 e. The molecule has 2 rings (SSSR count). The molecule has 0 aliphatic carbocycles. The minimum Gasteiger partial charge on any atom is -0.483 e. The van der Waals surface area contributed by atoms with Gasteiger partial charge in [0.05, 0.1) is 11.6 Å². The van der Waals surface area contributed by atoms with Crippen LogP contribution < -0.4 is 9.41 Å². The number of hydrogen-bond donors (Lipinski definition) is 0. The van der Waals surface area contributed by atoms with E-state index in [2.05, 4.69) is 11.1 Å². The summed E-state index contributed by atoms with van der Waals surface area (Å²) < 4.78 is 44.8. The maximum absolute atomic E-state index is 12.8. The summed E-state index contributed by atoms with van der Waals surface area (Å²) in [7, 11) is 0. The molecule has 2 aromatic rings. The van der Waals surface area contributed by atoms with Gasteiger partial charge in [-0.3, -0.25) is 8.75 Å². The van der Waals surface area contributed by atoms with E-state index in [1.54, 1.807) is 0 Å². The second-order valence-electron chi connectivity index (χ2n) is 7.52. The second-order valence-corrected chi connectivity index (χ2v) is 8.92. The Bertz CT molecular complexity index is 1010. The van der Waals surface area contributed by atoms with Gasteiger partial charge in [0.2, 0.25) is 0 Å². The smallest absolute Gasteiger partial charge is 0.422 e. The normalized spacial score (nSPS) is 12.7. The van der Waals surface area contributed by atoms with E-state index in [4.69, 9.17) is 21.6 Å². The zero-order chi connectivity index (χ0) is 22.5. The number of ether oxygens (including phenoxy) is 1. The van der Waals surface area contributed by atoms with Crippen LogP contribution in [0.25, 0.3) is 0 Å². The number of benzene rings is 1. The predicted octanol–water partition coefficient (Wildman–Crippen LogP) is 5.49. The molecule has 1 aromatic heterocycles. The van der Waals surface area contributed by atoms with Crippen molar-refractivity contribution in [2.24, 2.45) is 4.99 Å². The van der Waals surface area contributed by atoms with Crippen molar-refractivity contribution >= 4 is 29.0 Å². The average Bonchev–Trinajstić information content (AvgIpc) is 3.03. The molecule has 30 heavy (non-hydrogen) atoms. The fraction of sp³-hybridized carbons (Fsp3) is 0.450. The highest BCUT2D eigenvalue weighted by Crippen LogP contribution is 2.26. The molecule has 0 aliphatic heterocycles. The highest BCUT2D eigenvalue weighted by Gasteiger charge is 2.29. The molecule has 1 amide bonds. The molecule has 0 radical (unpaired) electrons. The van der Waals surface area contributed by atoms with Crippen LogP contribution in [0.3, 0.4) is 0 Å². The molecule has 162 valence electrons. The number of carbonyl (C=O) groups is 1. The van der Waals surface area contributed by atoms with E-state index in [9.17, 15) is 18.0 Å². The zero-order valence-corrected chi connectivity index (χ0v) is 18.3. The SMILES string of the molecule is CC(C)(C)n1cc(CCCC#N)/c(=N/C(=O)c2cc(Cl)ccc2OCC(F)(F)F)s1. The quantitative estimate of drug-likeness (QED) is 0.536. The molecule has 5 nitrogen and oxygen atoms in total. The van der Waals surface area contributed by atoms with Crippen LogP contribution in [0.1, 0.15) is 49.5 Å². The van der Waals surface area contributed by atoms with Crippen LogP contribution in [-0.4, -0.2) is 22.6 Å². The topological polar surface area (TPSA) is 67.4 Å². The van der Waals surface area contributed by atoms with Crippen LogP contribution in [0.15, 0.2) is 29.4 Å². The van der Waals surface area contributed by atoms with Gasteiger partial charge in [-0.05, 0) is 63.3 Å². The van der Waals surface area contributed by atoms with Gasteiger partial charge in [-0.2, -0.15) is 23.4 Å². The van der Waals surface area contributed by atoms with Crippen molar-refractivity contribution in [1.29, 1.82) is 5.26 Å². The zero-order valence-electron chi connectivity index (χ0n) is 16.7. The lowest BCUT2D eigenvalue weighted by molar-refractivity contribution is -0.153. The molecule has 0 bridgehead atoms. The van der Waals surface area contributed by atoms with E-state index in [1.165, 1.54) is 29.7 Å². The van der Waals surface area contributed by atoms with Gasteiger partial charge in [0.1, 0.15) is 10.4 Å². The lowest BCUT2D eigenvalue weighted by Crippen LogP contribution is -2.20. The van der Waals surface area contributed by atoms with Gasteiger partial charge >= 0.3 is 6.18 Å². The first-order valence-corrected chi connectivity index (χ1v) is 10.2. The van der Waals surface area contributed by atoms with Gasteiger partial charge in [0.15, 0.2) is 6.61 Å². The molecule has 0 unspecified atom stereocenters. The molecule has 0 aliphatic rings. The fourth-order valence-corrected chi connectivity index (χ4v) is 3.64. The Kier molecular flexibility index (Phi) is 7.72. The van der Waals surface area contributed by atoms with Crippen LogP contribution in [0.2, 0.25) is 5.02 Å². The van der Waals surface area contributed by atoms with Crippen molar-refractivity contribution in [3.8, 4) is 11.8 Å². The van der Waals surface area contributed by atoms with Gasteiger partial charge in [0, 0.05) is 28.7 Å². The van der Waals surface area contributed by atoms with Gasteiger partial charge in [0.25, 0.3) is 5.91 Å². The lowest BCUT2D eigenvalue weighted by atomic mass is 10.1. The van der Waals surface area contributed by atoms with Crippen LogP contribution in [0.4, 0.5) is 13.2 Å². The highest BCUT2D eigenvalue weighted by atomic mass is 35.5. The van der Waals surface area contributed by atoms with E-state index in [1.807, 2.05) is 30.9 Å². The highest BCUT2D eigenvalue weighted by molar-refractivity contribution is 7.04. The number of unbranched alkanes of at least 4 members (excludes halogenated alkanes) is 1. The Morgan fingerprint density at radius 2 is 2.03 bits per heavy atom. The number of aryl methyl sites for hydroxylation is 1. The average molecular weight is 460 g/mol. The molecule has 1 heterocycles. The lowest BCUT2D eigenvalue weighted by Gasteiger charge is -2.19. The summed E-state index contributed by atoms with van der Waals surface area (Å²) in [4.78, 5) is 17.0. The molecule has 0 saturated carbocycles. The monoisotopic (exact) mass is 459 g/mol. The molecular formula is C20H21ClF3N3O2S. The van der Waals surface area contributed by atoms with Crippen molar-refractivity contribution in [2.45, 2.75) is 51.7 Å². The number of amides is 1. The second kappa shape index (κ2) is 9.67. The predicted molar refractivity (Wildman–Crippen MR) is 109 cm³/mol. The summed E-state index contributed by atoms with van der Waals surface area (Å²) in [5, 5.41) is 8.95. The molecule has 1 aromatic carbocycles.